The number of hydrogen-bond donors (Lipinski definition) is 1. The number of rotatable bonds is 5. The molecule has 1 aliphatic heterocycles. The molecule has 134 valence electrons. The number of nitrogens with one attached hydrogen (secondary N) is 1. The number of alkyl carbamates (subject to hydrolysis) is 1. The number of hydrogen-bond acceptors (Lipinski definition) is 5. The van der Waals surface area contributed by atoms with Gasteiger partial charge >= 0.3 is 12.1 Å². The van der Waals surface area contributed by atoms with E-state index in [4.69, 9.17) is 9.47 Å². The molecular weight excluding hydrogens is 314 g/mol. The number of amides is 3. The van der Waals surface area contributed by atoms with Gasteiger partial charge in [-0.25, -0.2) is 9.59 Å². The lowest BCUT2D eigenvalue weighted by Gasteiger charge is -2.23. The summed E-state index contributed by atoms with van der Waals surface area (Å²) in [6.45, 7) is 2.84. The summed E-state index contributed by atoms with van der Waals surface area (Å²) >= 11 is 0. The summed E-state index contributed by atoms with van der Waals surface area (Å²) in [7, 11) is 5.04. The van der Waals surface area contributed by atoms with E-state index in [2.05, 4.69) is 10.4 Å². The van der Waals surface area contributed by atoms with Crippen LogP contribution in [-0.4, -0.2) is 72.7 Å². The second kappa shape index (κ2) is 8.53. The van der Waals surface area contributed by atoms with Crippen LogP contribution in [0, 0.1) is 0 Å². The molecule has 0 atom stereocenters. The van der Waals surface area contributed by atoms with Crippen LogP contribution >= 0.6 is 0 Å². The number of aromatic nitrogens is 2. The molecule has 1 aromatic rings. The monoisotopic (exact) mass is 339 g/mol. The summed E-state index contributed by atoms with van der Waals surface area (Å²) < 4.78 is 11.6. The summed E-state index contributed by atoms with van der Waals surface area (Å²) in [6, 6.07) is 1.91. The van der Waals surface area contributed by atoms with E-state index in [0.717, 1.165) is 24.4 Å². The molecule has 9 heteroatoms. The largest absolute Gasteiger partial charge is 0.447 e. The van der Waals surface area contributed by atoms with Crippen LogP contribution in [0.1, 0.15) is 17.8 Å². The van der Waals surface area contributed by atoms with Crippen molar-refractivity contribution in [3.63, 3.8) is 0 Å². The lowest BCUT2D eigenvalue weighted by molar-refractivity contribution is 0.0982. The van der Waals surface area contributed by atoms with Gasteiger partial charge in [0.25, 0.3) is 0 Å². The van der Waals surface area contributed by atoms with Gasteiger partial charge < -0.3 is 24.6 Å². The first kappa shape index (κ1) is 18.1. The molecule has 0 spiro atoms. The number of aryl methyl sites for hydroxylation is 1. The van der Waals surface area contributed by atoms with Gasteiger partial charge in [-0.05, 0) is 12.5 Å². The molecule has 1 N–H and O–H groups in total. The Labute approximate surface area is 141 Å². The third-order valence-corrected chi connectivity index (χ3v) is 3.65. The minimum atomic E-state index is -0.500. The van der Waals surface area contributed by atoms with Gasteiger partial charge in [-0.15, -0.1) is 0 Å². The zero-order chi connectivity index (χ0) is 17.5. The lowest BCUT2D eigenvalue weighted by Crippen LogP contribution is -2.38. The molecule has 2 heterocycles. The molecule has 2 rings (SSSR count). The summed E-state index contributed by atoms with van der Waals surface area (Å²) in [4.78, 5) is 27.0. The number of carbonyl (C=O) groups excluding carboxylic acids is 2. The second-order valence-corrected chi connectivity index (χ2v) is 5.78. The summed E-state index contributed by atoms with van der Waals surface area (Å²) in [5.41, 5.74) is 1.71. The SMILES string of the molecule is COCCOC(=O)NCc1cc2n(n1)CCCN(C(=O)N(C)C)C2. The molecule has 3 amide bonds. The van der Waals surface area contributed by atoms with Gasteiger partial charge in [-0.3, -0.25) is 4.68 Å². The Bertz CT molecular complexity index is 572. The normalized spacial score (nSPS) is 13.9. The van der Waals surface area contributed by atoms with Gasteiger partial charge in [0.05, 0.1) is 31.1 Å². The van der Waals surface area contributed by atoms with Crippen LogP contribution in [0.2, 0.25) is 0 Å². The van der Waals surface area contributed by atoms with E-state index >= 15 is 0 Å². The van der Waals surface area contributed by atoms with Crippen molar-refractivity contribution >= 4 is 12.1 Å². The van der Waals surface area contributed by atoms with Gasteiger partial charge in [0.2, 0.25) is 0 Å². The number of carbonyl (C=O) groups is 2. The van der Waals surface area contributed by atoms with Crippen LogP contribution in [0.3, 0.4) is 0 Å². The van der Waals surface area contributed by atoms with Crippen molar-refractivity contribution in [3.05, 3.63) is 17.5 Å². The average Bonchev–Trinajstić information content (AvgIpc) is 2.83. The minimum absolute atomic E-state index is 0.00829. The number of methoxy groups -OCH3 is 1. The van der Waals surface area contributed by atoms with Gasteiger partial charge in [0.1, 0.15) is 6.61 Å². The van der Waals surface area contributed by atoms with Crippen molar-refractivity contribution in [2.24, 2.45) is 0 Å². The Morgan fingerprint density at radius 3 is 2.83 bits per heavy atom. The van der Waals surface area contributed by atoms with E-state index in [0.29, 0.717) is 19.7 Å². The molecule has 0 radical (unpaired) electrons. The Morgan fingerprint density at radius 2 is 2.12 bits per heavy atom. The van der Waals surface area contributed by atoms with Crippen LogP contribution in [0.25, 0.3) is 0 Å². The molecular formula is C15H25N5O4. The summed E-state index contributed by atoms with van der Waals surface area (Å²) in [5.74, 6) is 0. The Morgan fingerprint density at radius 1 is 1.33 bits per heavy atom. The van der Waals surface area contributed by atoms with Crippen LogP contribution in [0.5, 0.6) is 0 Å². The van der Waals surface area contributed by atoms with Crippen molar-refractivity contribution in [2.75, 3.05) is 41.0 Å². The van der Waals surface area contributed by atoms with Gasteiger partial charge in [0, 0.05) is 34.3 Å². The maximum Gasteiger partial charge on any atom is 0.407 e. The number of ether oxygens (including phenoxy) is 2. The van der Waals surface area contributed by atoms with Crippen LogP contribution in [0.15, 0.2) is 6.07 Å². The van der Waals surface area contributed by atoms with Gasteiger partial charge in [0.15, 0.2) is 0 Å². The minimum Gasteiger partial charge on any atom is -0.447 e. The first-order valence-corrected chi connectivity index (χ1v) is 7.92. The topological polar surface area (TPSA) is 88.9 Å². The Hall–Kier alpha value is -2.29. The highest BCUT2D eigenvalue weighted by Crippen LogP contribution is 2.15. The third-order valence-electron chi connectivity index (χ3n) is 3.65. The molecule has 24 heavy (non-hydrogen) atoms. The summed E-state index contributed by atoms with van der Waals surface area (Å²) in [6.07, 6.45) is 0.347. The Balaban J connectivity index is 1.91. The molecule has 9 nitrogen and oxygen atoms in total. The van der Waals surface area contributed by atoms with Gasteiger partial charge in [-0.1, -0.05) is 0 Å². The van der Waals surface area contributed by atoms with Crippen LogP contribution in [0.4, 0.5) is 9.59 Å². The maximum atomic E-state index is 12.1. The van der Waals surface area contributed by atoms with E-state index in [1.807, 2.05) is 10.7 Å². The molecule has 1 aliphatic rings. The summed E-state index contributed by atoms with van der Waals surface area (Å²) in [5, 5.41) is 7.14. The molecule has 0 unspecified atom stereocenters. The quantitative estimate of drug-likeness (QED) is 0.796. The van der Waals surface area contributed by atoms with Crippen molar-refractivity contribution in [3.8, 4) is 0 Å². The second-order valence-electron chi connectivity index (χ2n) is 5.78. The van der Waals surface area contributed by atoms with Crippen molar-refractivity contribution in [2.45, 2.75) is 26.1 Å². The fourth-order valence-corrected chi connectivity index (χ4v) is 2.49. The lowest BCUT2D eigenvalue weighted by atomic mass is 10.3. The van der Waals surface area contributed by atoms with Crippen molar-refractivity contribution < 1.29 is 19.1 Å². The predicted molar refractivity (Wildman–Crippen MR) is 86.4 cm³/mol. The smallest absolute Gasteiger partial charge is 0.407 e. The number of fused-ring (bicyclic) bond motifs is 1. The average molecular weight is 339 g/mol. The standard InChI is InChI=1S/C15H25N5O4/c1-18(2)15(22)19-5-4-6-20-13(11-19)9-12(17-20)10-16-14(21)24-8-7-23-3/h9H,4-8,10-11H2,1-3H3,(H,16,21). The molecule has 0 aliphatic carbocycles. The van der Waals surface area contributed by atoms with Crippen LogP contribution in [-0.2, 0) is 29.1 Å². The number of nitrogens with zero attached hydrogens (tertiary/aromatic N) is 4. The highest BCUT2D eigenvalue weighted by molar-refractivity contribution is 5.73. The van der Waals surface area contributed by atoms with E-state index in [-0.39, 0.29) is 19.2 Å². The number of urea groups is 1. The predicted octanol–water partition coefficient (Wildman–Crippen LogP) is 0.643. The third kappa shape index (κ3) is 4.85. The fraction of sp³-hybridized carbons (Fsp3) is 0.667. The van der Waals surface area contributed by atoms with Crippen molar-refractivity contribution in [1.82, 2.24) is 24.9 Å². The van der Waals surface area contributed by atoms with Gasteiger partial charge in [-0.2, -0.15) is 5.10 Å². The molecule has 0 aromatic carbocycles. The van der Waals surface area contributed by atoms with E-state index in [9.17, 15) is 9.59 Å². The molecule has 0 saturated heterocycles. The molecule has 0 saturated carbocycles. The first-order valence-electron chi connectivity index (χ1n) is 7.92. The fourth-order valence-electron chi connectivity index (χ4n) is 2.49. The Kier molecular flexibility index (Phi) is 6.42. The zero-order valence-electron chi connectivity index (χ0n) is 14.4. The highest BCUT2D eigenvalue weighted by Gasteiger charge is 2.21. The highest BCUT2D eigenvalue weighted by atomic mass is 16.6. The van der Waals surface area contributed by atoms with E-state index in [1.165, 1.54) is 0 Å². The van der Waals surface area contributed by atoms with Crippen molar-refractivity contribution in [1.29, 1.82) is 0 Å². The molecule has 0 bridgehead atoms. The maximum absolute atomic E-state index is 12.1. The molecule has 0 fully saturated rings. The van der Waals surface area contributed by atoms with E-state index < -0.39 is 6.09 Å². The zero-order valence-corrected chi connectivity index (χ0v) is 14.4. The van der Waals surface area contributed by atoms with Crippen LogP contribution < -0.4 is 5.32 Å². The first-order chi connectivity index (χ1) is 11.5. The van der Waals surface area contributed by atoms with E-state index in [1.54, 1.807) is 31.0 Å². The molecule has 1 aromatic heterocycles.